The molecule has 4 aromatic heterocycles. The summed E-state index contributed by atoms with van der Waals surface area (Å²) in [6, 6.07) is 0. The van der Waals surface area contributed by atoms with Crippen LogP contribution >= 0.6 is 14.5 Å². The van der Waals surface area contributed by atoms with Crippen LogP contribution in [0.25, 0.3) is 22.3 Å². The van der Waals surface area contributed by atoms with Crippen molar-refractivity contribution in [1.29, 1.82) is 0 Å². The first kappa shape index (κ1) is 30.1. The molecule has 45 heavy (non-hydrogen) atoms. The predicted octanol–water partition coefficient (Wildman–Crippen LogP) is -1.19. The number of nitrogens with zero attached hydrogens (tertiary/aromatic N) is 7. The lowest BCUT2D eigenvalue weighted by molar-refractivity contribution is -0.0542. The number of nitrogens with one attached hydrogen (secondary N) is 1. The highest BCUT2D eigenvalue weighted by atomic mass is 32.5. The number of phosphoric ester groups is 1. The van der Waals surface area contributed by atoms with Gasteiger partial charge in [-0.25, -0.2) is 24.5 Å². The lowest BCUT2D eigenvalue weighted by atomic mass is 10.1. The maximum absolute atomic E-state index is 13.1. The summed E-state index contributed by atoms with van der Waals surface area (Å²) in [5, 5.41) is 22.1. The van der Waals surface area contributed by atoms with Crippen molar-refractivity contribution in [2.45, 2.75) is 36.9 Å². The molecule has 3 aliphatic rings. The van der Waals surface area contributed by atoms with Crippen molar-refractivity contribution in [2.24, 2.45) is 0 Å². The Bertz CT molecular complexity index is 2020. The average molecular weight is 688 g/mol. The third kappa shape index (κ3) is 5.26. The number of phosphoric acid groups is 1. The van der Waals surface area contributed by atoms with Gasteiger partial charge >= 0.3 is 14.5 Å². The first-order valence-corrected chi connectivity index (χ1v) is 16.8. The highest BCUT2D eigenvalue weighted by molar-refractivity contribution is 8.07. The Kier molecular flexibility index (Phi) is 7.18. The number of H-pyrrole nitrogens is 1. The minimum Gasteiger partial charge on any atom is -0.506 e. The van der Waals surface area contributed by atoms with Gasteiger partial charge in [0.2, 0.25) is 12.2 Å². The molecule has 0 saturated carbocycles. The fraction of sp³-hybridized carbons (Fsp3) is 0.400. The van der Waals surface area contributed by atoms with Crippen LogP contribution in [0.1, 0.15) is 12.5 Å². The molecule has 1 fully saturated rings. The van der Waals surface area contributed by atoms with Gasteiger partial charge in [0.1, 0.15) is 43.1 Å². The number of nitrogen functional groups attached to an aromatic ring is 2. The van der Waals surface area contributed by atoms with Gasteiger partial charge in [0.05, 0.1) is 12.9 Å². The molecular weight excluding hydrogens is 666 g/mol. The molecule has 0 aromatic carbocycles. The minimum atomic E-state index is -5.05. The van der Waals surface area contributed by atoms with Crippen molar-refractivity contribution in [3.63, 3.8) is 0 Å². The molecule has 9 N–H and O–H groups in total. The largest absolute Gasteiger partial charge is 0.506 e. The molecule has 240 valence electrons. The maximum Gasteiger partial charge on any atom is 0.473 e. The predicted molar refractivity (Wildman–Crippen MR) is 150 cm³/mol. The summed E-state index contributed by atoms with van der Waals surface area (Å²) in [6.45, 7) is -5.83. The molecule has 1 saturated heterocycles. The SMILES string of the molecule is Nc1nc2c(ncn2[C@@H]2OC3=C(O)C2OP(O)(=S)OC[C@H]2O[C@@H](n4cnc5c(N)ncnc54)C(O)C2OP(=O)(O)OC3)c(=O)[nH]1. The van der Waals surface area contributed by atoms with E-state index in [0.29, 0.717) is 0 Å². The summed E-state index contributed by atoms with van der Waals surface area (Å²) in [4.78, 5) is 56.3. The zero-order valence-corrected chi connectivity index (χ0v) is 24.9. The van der Waals surface area contributed by atoms with E-state index in [4.69, 9.17) is 50.8 Å². The van der Waals surface area contributed by atoms with E-state index in [-0.39, 0.29) is 34.1 Å². The molecule has 5 unspecified atom stereocenters. The molecule has 22 nitrogen and oxygen atoms in total. The van der Waals surface area contributed by atoms with E-state index in [9.17, 15) is 29.4 Å². The Morgan fingerprint density at radius 2 is 1.76 bits per heavy atom. The summed E-state index contributed by atoms with van der Waals surface area (Å²) in [5.41, 5.74) is 11.0. The number of aliphatic hydroxyl groups excluding tert-OH is 2. The molecule has 7 rings (SSSR count). The van der Waals surface area contributed by atoms with Gasteiger partial charge in [0.25, 0.3) is 5.56 Å². The Labute approximate surface area is 254 Å². The van der Waals surface area contributed by atoms with Crippen LogP contribution in [0.4, 0.5) is 11.8 Å². The smallest absolute Gasteiger partial charge is 0.473 e. The number of nitrogens with two attached hydrogens (primary N) is 2. The van der Waals surface area contributed by atoms with E-state index in [2.05, 4.69) is 29.9 Å². The summed E-state index contributed by atoms with van der Waals surface area (Å²) < 4.78 is 48.7. The zero-order valence-electron chi connectivity index (χ0n) is 22.3. The minimum absolute atomic E-state index is 0.0576. The van der Waals surface area contributed by atoms with Crippen molar-refractivity contribution in [2.75, 3.05) is 24.7 Å². The average Bonchev–Trinajstić information content (AvgIpc) is 3.72. The fourth-order valence-corrected chi connectivity index (χ4v) is 7.30. The number of imidazole rings is 2. The lowest BCUT2D eigenvalue weighted by Gasteiger charge is -2.27. The zero-order chi connectivity index (χ0) is 31.8. The highest BCUT2D eigenvalue weighted by Crippen LogP contribution is 2.54. The van der Waals surface area contributed by atoms with E-state index in [1.807, 2.05) is 0 Å². The van der Waals surface area contributed by atoms with E-state index in [0.717, 1.165) is 10.9 Å². The number of aliphatic hydroxyl groups is 2. The Morgan fingerprint density at radius 3 is 2.53 bits per heavy atom. The molecule has 4 aromatic rings. The number of hydrogen-bond acceptors (Lipinski definition) is 18. The number of aromatic nitrogens is 8. The Hall–Kier alpha value is -3.60. The second kappa shape index (κ2) is 10.7. The van der Waals surface area contributed by atoms with Gasteiger partial charge in [-0.2, -0.15) is 4.98 Å². The second-order valence-electron chi connectivity index (χ2n) is 9.83. The third-order valence-electron chi connectivity index (χ3n) is 7.04. The van der Waals surface area contributed by atoms with Crippen LogP contribution < -0.4 is 17.0 Å². The van der Waals surface area contributed by atoms with Gasteiger partial charge in [0.15, 0.2) is 46.5 Å². The van der Waals surface area contributed by atoms with E-state index < -0.39 is 81.7 Å². The normalized spacial score (nSPS) is 34.3. The van der Waals surface area contributed by atoms with Crippen molar-refractivity contribution in [3.05, 3.63) is 40.9 Å². The van der Waals surface area contributed by atoms with Crippen molar-refractivity contribution in [1.82, 2.24) is 39.0 Å². The maximum atomic E-state index is 13.1. The molecule has 3 aliphatic heterocycles. The fourth-order valence-electron chi connectivity index (χ4n) is 5.04. The number of anilines is 2. The monoisotopic (exact) mass is 688 g/mol. The molecular formula is C20H22N10O12P2S. The summed E-state index contributed by atoms with van der Waals surface area (Å²) in [5.74, 6) is -1.33. The van der Waals surface area contributed by atoms with Crippen LogP contribution in [0.15, 0.2) is 35.3 Å². The summed E-state index contributed by atoms with van der Waals surface area (Å²) in [7, 11) is -5.05. The number of fused-ring (bicyclic) bond motifs is 4. The van der Waals surface area contributed by atoms with Crippen LogP contribution in [0.2, 0.25) is 0 Å². The molecule has 8 atom stereocenters. The molecule has 0 spiro atoms. The molecule has 7 heterocycles. The molecule has 2 bridgehead atoms. The summed E-state index contributed by atoms with van der Waals surface area (Å²) >= 11 is 5.19. The van der Waals surface area contributed by atoms with E-state index in [1.165, 1.54) is 17.2 Å². The summed E-state index contributed by atoms with van der Waals surface area (Å²) in [6.07, 6.45) is -5.41. The molecule has 25 heteroatoms. The van der Waals surface area contributed by atoms with Gasteiger partial charge < -0.3 is 45.5 Å². The number of hydrogen-bond donors (Lipinski definition) is 7. The van der Waals surface area contributed by atoms with Crippen molar-refractivity contribution >= 4 is 60.4 Å². The number of ether oxygens (including phenoxy) is 2. The first-order valence-electron chi connectivity index (χ1n) is 12.7. The highest BCUT2D eigenvalue weighted by Gasteiger charge is 2.51. The molecule has 0 radical (unpaired) electrons. The van der Waals surface area contributed by atoms with Crippen LogP contribution in [-0.2, 0) is 43.9 Å². The Morgan fingerprint density at radius 1 is 1.02 bits per heavy atom. The van der Waals surface area contributed by atoms with Gasteiger partial charge in [-0.15, -0.1) is 0 Å². The van der Waals surface area contributed by atoms with E-state index >= 15 is 0 Å². The number of aromatic amines is 1. The lowest BCUT2D eigenvalue weighted by Crippen LogP contribution is -2.36. The van der Waals surface area contributed by atoms with Crippen LogP contribution in [0.5, 0.6) is 0 Å². The quantitative estimate of drug-likeness (QED) is 0.122. The van der Waals surface area contributed by atoms with Gasteiger partial charge in [0, 0.05) is 0 Å². The van der Waals surface area contributed by atoms with Gasteiger partial charge in [-0.05, 0) is 11.8 Å². The topological polar surface area (TPSA) is 313 Å². The van der Waals surface area contributed by atoms with Gasteiger partial charge in [-0.1, -0.05) is 0 Å². The number of rotatable bonds is 2. The molecule has 0 aliphatic carbocycles. The standard InChI is InChI=1S/C20H22N10O12P2S/c21-14-8-15(24-3-23-14)29(4-25-8)18-11(32)12-7(40-18)2-38-44(36,45)42-13-10(31)6(1-37-43(34,35)41-12)39-19(13)30-5-26-9-16(30)27-20(22)28-17(9)33/h3-5,7,11-13,18-19,31-32H,1-2H2,(H,34,35)(H,36,45)(H2,21,23,24)(H3,22,27,28,33)/t7-,11?,12?,13?,18-,19-,44?/m1/s1. The van der Waals surface area contributed by atoms with Crippen LogP contribution in [-0.4, -0.2) is 96.7 Å². The van der Waals surface area contributed by atoms with Gasteiger partial charge in [-0.3, -0.25) is 32.5 Å². The van der Waals surface area contributed by atoms with Crippen LogP contribution in [0, 0.1) is 0 Å². The molecule has 0 amide bonds. The van der Waals surface area contributed by atoms with Crippen LogP contribution in [0.3, 0.4) is 0 Å². The second-order valence-corrected chi connectivity index (χ2v) is 14.0. The van der Waals surface area contributed by atoms with Crippen molar-refractivity contribution in [3.8, 4) is 0 Å². The third-order valence-corrected chi connectivity index (χ3v) is 9.54. The first-order chi connectivity index (χ1) is 21.3. The van der Waals surface area contributed by atoms with Crippen molar-refractivity contribution < 1.29 is 52.1 Å². The van der Waals surface area contributed by atoms with E-state index in [1.54, 1.807) is 0 Å². The Balaban J connectivity index is 1.21.